The lowest BCUT2D eigenvalue weighted by atomic mass is 10.0. The van der Waals surface area contributed by atoms with Crippen LogP contribution >= 0.6 is 35.0 Å². The number of hydrogen-bond donors (Lipinski definition) is 2. The van der Waals surface area contributed by atoms with Crippen LogP contribution in [0, 0.1) is 3.57 Å². The van der Waals surface area contributed by atoms with Crippen molar-refractivity contribution in [2.75, 3.05) is 6.54 Å². The Morgan fingerprint density at radius 1 is 1.36 bits per heavy atom. The van der Waals surface area contributed by atoms with Crippen LogP contribution in [0.5, 0.6) is 0 Å². The second kappa shape index (κ2) is 7.45. The first kappa shape index (κ1) is 14.2. The third kappa shape index (κ3) is 4.59. The van der Waals surface area contributed by atoms with Gasteiger partial charge in [-0.2, -0.15) is 0 Å². The molecule has 2 nitrogen and oxygen atoms in total. The zero-order valence-electron chi connectivity index (χ0n) is 7.95. The van der Waals surface area contributed by atoms with Crippen molar-refractivity contribution in [1.82, 2.24) is 0 Å². The molecule has 80 valence electrons. The molecule has 0 amide bonds. The molecule has 4 heteroatoms. The van der Waals surface area contributed by atoms with E-state index in [2.05, 4.69) is 40.8 Å². The number of rotatable bonds is 4. The van der Waals surface area contributed by atoms with E-state index in [1.807, 2.05) is 6.07 Å². The van der Waals surface area contributed by atoms with Gasteiger partial charge in [-0.25, -0.2) is 0 Å². The highest BCUT2D eigenvalue weighted by atomic mass is 127. The Balaban J connectivity index is 0.00000169. The minimum Gasteiger partial charge on any atom is -0.330 e. The van der Waals surface area contributed by atoms with Crippen LogP contribution in [0.15, 0.2) is 24.3 Å². The Morgan fingerprint density at radius 2 is 2.07 bits per heavy atom. The Morgan fingerprint density at radius 3 is 2.64 bits per heavy atom. The van der Waals surface area contributed by atoms with Gasteiger partial charge in [0.1, 0.15) is 0 Å². The molecular weight excluding hydrogens is 310 g/mol. The molecule has 0 heterocycles. The van der Waals surface area contributed by atoms with Gasteiger partial charge in [-0.1, -0.05) is 12.1 Å². The van der Waals surface area contributed by atoms with Crippen molar-refractivity contribution in [1.29, 1.82) is 0 Å². The molecule has 1 rings (SSSR count). The quantitative estimate of drug-likeness (QED) is 0.835. The van der Waals surface area contributed by atoms with E-state index in [1.165, 1.54) is 9.13 Å². The fourth-order valence-electron chi connectivity index (χ4n) is 1.24. The molecule has 0 fully saturated rings. The average molecular weight is 327 g/mol. The minimum absolute atomic E-state index is 0. The lowest BCUT2D eigenvalue weighted by Gasteiger charge is -2.11. The standard InChI is InChI=1S/C10H15IN2.ClH/c11-9-4-1-3-8(7-9)10(13)5-2-6-12;/h1,3-4,7,10H,2,5-6,12-13H2;1H/t10-;/m1./s1. The summed E-state index contributed by atoms with van der Waals surface area (Å²) in [6, 6.07) is 8.45. The summed E-state index contributed by atoms with van der Waals surface area (Å²) in [6.45, 7) is 0.720. The number of hydrogen-bond acceptors (Lipinski definition) is 2. The predicted octanol–water partition coefficient (Wildman–Crippen LogP) is 2.45. The van der Waals surface area contributed by atoms with E-state index < -0.39 is 0 Å². The van der Waals surface area contributed by atoms with Crippen molar-refractivity contribution in [3.05, 3.63) is 33.4 Å². The van der Waals surface area contributed by atoms with Crippen molar-refractivity contribution < 1.29 is 0 Å². The summed E-state index contributed by atoms with van der Waals surface area (Å²) in [6.07, 6.45) is 1.96. The Bertz CT molecular complexity index is 268. The van der Waals surface area contributed by atoms with Crippen molar-refractivity contribution >= 4 is 35.0 Å². The monoisotopic (exact) mass is 326 g/mol. The second-order valence-corrected chi connectivity index (χ2v) is 4.34. The SMILES string of the molecule is Cl.NCCC[C@@H](N)c1cccc(I)c1. The van der Waals surface area contributed by atoms with Gasteiger partial charge in [0.05, 0.1) is 0 Å². The van der Waals surface area contributed by atoms with Gasteiger partial charge >= 0.3 is 0 Å². The van der Waals surface area contributed by atoms with Crippen molar-refractivity contribution in [3.8, 4) is 0 Å². The molecule has 0 saturated carbocycles. The van der Waals surface area contributed by atoms with Gasteiger partial charge in [0, 0.05) is 9.61 Å². The smallest absolute Gasteiger partial charge is 0.0295 e. The van der Waals surface area contributed by atoms with E-state index >= 15 is 0 Å². The average Bonchev–Trinajstić information content (AvgIpc) is 2.14. The normalized spacial score (nSPS) is 11.9. The third-order valence-electron chi connectivity index (χ3n) is 2.00. The molecule has 0 bridgehead atoms. The molecule has 0 spiro atoms. The molecule has 0 aromatic heterocycles. The molecule has 0 unspecified atom stereocenters. The first-order valence-corrected chi connectivity index (χ1v) is 5.53. The lowest BCUT2D eigenvalue weighted by Crippen LogP contribution is -2.12. The summed E-state index contributed by atoms with van der Waals surface area (Å²) >= 11 is 2.30. The maximum atomic E-state index is 5.99. The zero-order valence-corrected chi connectivity index (χ0v) is 10.9. The summed E-state index contributed by atoms with van der Waals surface area (Å²) in [5, 5.41) is 0. The van der Waals surface area contributed by atoms with E-state index in [4.69, 9.17) is 11.5 Å². The van der Waals surface area contributed by atoms with Crippen LogP contribution < -0.4 is 11.5 Å². The first-order valence-electron chi connectivity index (χ1n) is 4.45. The van der Waals surface area contributed by atoms with Crippen LogP contribution in [0.2, 0.25) is 0 Å². The highest BCUT2D eigenvalue weighted by molar-refractivity contribution is 14.1. The van der Waals surface area contributed by atoms with Crippen LogP contribution in [0.3, 0.4) is 0 Å². The number of benzene rings is 1. The number of halogens is 2. The summed E-state index contributed by atoms with van der Waals surface area (Å²) in [7, 11) is 0. The molecule has 1 aromatic rings. The van der Waals surface area contributed by atoms with Crippen LogP contribution in [-0.4, -0.2) is 6.54 Å². The summed E-state index contributed by atoms with van der Waals surface area (Å²) < 4.78 is 1.23. The molecule has 4 N–H and O–H groups in total. The highest BCUT2D eigenvalue weighted by Gasteiger charge is 2.04. The summed E-state index contributed by atoms with van der Waals surface area (Å²) in [5.74, 6) is 0. The summed E-state index contributed by atoms with van der Waals surface area (Å²) in [4.78, 5) is 0. The second-order valence-electron chi connectivity index (χ2n) is 3.09. The molecule has 0 aliphatic rings. The van der Waals surface area contributed by atoms with Crippen LogP contribution in [-0.2, 0) is 0 Å². The van der Waals surface area contributed by atoms with Gasteiger partial charge in [-0.05, 0) is 59.7 Å². The van der Waals surface area contributed by atoms with Gasteiger partial charge in [-0.3, -0.25) is 0 Å². The van der Waals surface area contributed by atoms with E-state index in [0.717, 1.165) is 19.4 Å². The van der Waals surface area contributed by atoms with Gasteiger partial charge in [0.15, 0.2) is 0 Å². The van der Waals surface area contributed by atoms with Gasteiger partial charge in [0.25, 0.3) is 0 Å². The Hall–Kier alpha value is 0.160. The van der Waals surface area contributed by atoms with Crippen LogP contribution in [0.25, 0.3) is 0 Å². The third-order valence-corrected chi connectivity index (χ3v) is 2.67. The van der Waals surface area contributed by atoms with E-state index in [1.54, 1.807) is 0 Å². The maximum absolute atomic E-state index is 5.99. The maximum Gasteiger partial charge on any atom is 0.0295 e. The minimum atomic E-state index is 0. The molecule has 14 heavy (non-hydrogen) atoms. The molecule has 0 saturated heterocycles. The van der Waals surface area contributed by atoms with Crippen molar-refractivity contribution in [2.24, 2.45) is 11.5 Å². The van der Waals surface area contributed by atoms with Gasteiger partial charge in [0.2, 0.25) is 0 Å². The molecular formula is C10H16ClIN2. The highest BCUT2D eigenvalue weighted by Crippen LogP contribution is 2.17. The first-order chi connectivity index (χ1) is 6.24. The topological polar surface area (TPSA) is 52.0 Å². The van der Waals surface area contributed by atoms with E-state index in [9.17, 15) is 0 Å². The Kier molecular flexibility index (Phi) is 7.54. The van der Waals surface area contributed by atoms with Crippen molar-refractivity contribution in [3.63, 3.8) is 0 Å². The van der Waals surface area contributed by atoms with E-state index in [-0.39, 0.29) is 18.4 Å². The molecule has 0 aliphatic carbocycles. The molecule has 1 aromatic carbocycles. The fraction of sp³-hybridized carbons (Fsp3) is 0.400. The molecule has 0 aliphatic heterocycles. The van der Waals surface area contributed by atoms with Crippen molar-refractivity contribution in [2.45, 2.75) is 18.9 Å². The number of nitrogens with two attached hydrogens (primary N) is 2. The molecule has 1 atom stereocenters. The summed E-state index contributed by atoms with van der Waals surface area (Å²) in [5.41, 5.74) is 12.6. The Labute approximate surface area is 105 Å². The van der Waals surface area contributed by atoms with Gasteiger partial charge in [-0.15, -0.1) is 12.4 Å². The van der Waals surface area contributed by atoms with Crippen LogP contribution in [0.4, 0.5) is 0 Å². The van der Waals surface area contributed by atoms with E-state index in [0.29, 0.717) is 0 Å². The fourth-order valence-corrected chi connectivity index (χ4v) is 1.81. The zero-order chi connectivity index (χ0) is 9.68. The predicted molar refractivity (Wildman–Crippen MR) is 71.6 cm³/mol. The van der Waals surface area contributed by atoms with Crippen LogP contribution in [0.1, 0.15) is 24.4 Å². The van der Waals surface area contributed by atoms with Gasteiger partial charge < -0.3 is 11.5 Å². The lowest BCUT2D eigenvalue weighted by molar-refractivity contribution is 0.618. The molecule has 0 radical (unpaired) electrons. The largest absolute Gasteiger partial charge is 0.330 e.